The number of rotatable bonds is 9. The maximum atomic E-state index is 12.3. The average Bonchev–Trinajstić information content (AvgIpc) is 3.44. The Morgan fingerprint density at radius 3 is 2.90 bits per heavy atom. The number of morpholine rings is 1. The van der Waals surface area contributed by atoms with Crippen molar-refractivity contribution in [3.8, 4) is 0 Å². The lowest BCUT2D eigenvalue weighted by Crippen LogP contribution is -2.47. The molecule has 1 N–H and O–H groups in total. The number of tetrazole rings is 1. The van der Waals surface area contributed by atoms with Crippen LogP contribution in [0.2, 0.25) is 0 Å². The highest BCUT2D eigenvalue weighted by Crippen LogP contribution is 2.18. The molecule has 0 radical (unpaired) electrons. The van der Waals surface area contributed by atoms with Crippen LogP contribution in [0.15, 0.2) is 35.5 Å². The maximum Gasteiger partial charge on any atom is 0.230 e. The Bertz CT molecular complexity index is 799. The highest BCUT2D eigenvalue weighted by molar-refractivity contribution is 7.99. The first kappa shape index (κ1) is 21.2. The number of hydrogen-bond acceptors (Lipinski definition) is 8. The van der Waals surface area contributed by atoms with Gasteiger partial charge in [-0.25, -0.2) is 4.68 Å². The Balaban J connectivity index is 1.17. The lowest BCUT2D eigenvalue weighted by Gasteiger charge is -2.33. The van der Waals surface area contributed by atoms with Crippen molar-refractivity contribution in [1.82, 2.24) is 30.4 Å². The van der Waals surface area contributed by atoms with Crippen molar-refractivity contribution >= 4 is 17.7 Å². The molecule has 4 rings (SSSR count). The zero-order valence-electron chi connectivity index (χ0n) is 17.0. The van der Waals surface area contributed by atoms with Crippen LogP contribution in [0.1, 0.15) is 18.4 Å². The van der Waals surface area contributed by atoms with Crippen LogP contribution in [-0.2, 0) is 27.4 Å². The fourth-order valence-corrected chi connectivity index (χ4v) is 4.41. The smallest absolute Gasteiger partial charge is 0.230 e. The largest absolute Gasteiger partial charge is 0.376 e. The van der Waals surface area contributed by atoms with Gasteiger partial charge < -0.3 is 14.8 Å². The molecule has 2 saturated heterocycles. The summed E-state index contributed by atoms with van der Waals surface area (Å²) in [5.41, 5.74) is 1.29. The third-order valence-electron chi connectivity index (χ3n) is 5.23. The minimum atomic E-state index is -0.0459. The number of carbonyl (C=O) groups is 1. The van der Waals surface area contributed by atoms with Gasteiger partial charge in [-0.3, -0.25) is 9.69 Å². The van der Waals surface area contributed by atoms with Crippen molar-refractivity contribution < 1.29 is 14.3 Å². The molecule has 3 heterocycles. The highest BCUT2D eigenvalue weighted by atomic mass is 32.2. The summed E-state index contributed by atoms with van der Waals surface area (Å²) in [5, 5.41) is 15.4. The SMILES string of the molecule is O=C(CSc1nnnn1C[C@@H]1CCCO1)NC[C@H]1CN(Cc2ccccc2)CCO1. The molecule has 162 valence electrons. The van der Waals surface area contributed by atoms with Crippen LogP contribution in [0, 0.1) is 0 Å². The van der Waals surface area contributed by atoms with E-state index in [2.05, 4.69) is 50.0 Å². The van der Waals surface area contributed by atoms with E-state index in [9.17, 15) is 4.79 Å². The normalized spacial score (nSPS) is 22.3. The zero-order valence-corrected chi connectivity index (χ0v) is 17.8. The van der Waals surface area contributed by atoms with Crippen LogP contribution in [0.25, 0.3) is 0 Å². The molecule has 10 heteroatoms. The number of hydrogen-bond donors (Lipinski definition) is 1. The van der Waals surface area contributed by atoms with Gasteiger partial charge >= 0.3 is 0 Å². The molecule has 0 bridgehead atoms. The van der Waals surface area contributed by atoms with Crippen molar-refractivity contribution in [2.75, 3.05) is 38.6 Å². The van der Waals surface area contributed by atoms with Gasteiger partial charge in [0, 0.05) is 32.8 Å². The second-order valence-corrected chi connectivity index (χ2v) is 8.53. The number of nitrogens with one attached hydrogen (secondary N) is 1. The van der Waals surface area contributed by atoms with Crippen LogP contribution in [0.5, 0.6) is 0 Å². The number of thioether (sulfide) groups is 1. The van der Waals surface area contributed by atoms with Gasteiger partial charge in [0.15, 0.2) is 0 Å². The van der Waals surface area contributed by atoms with Gasteiger partial charge in [-0.05, 0) is 28.8 Å². The van der Waals surface area contributed by atoms with Gasteiger partial charge in [-0.1, -0.05) is 42.1 Å². The van der Waals surface area contributed by atoms with Crippen LogP contribution in [0.4, 0.5) is 0 Å². The standard InChI is InChI=1S/C20H28N6O3S/c27-19(15-30-20-22-23-24-26(20)14-17-7-4-9-28-17)21-11-18-13-25(8-10-29-18)12-16-5-2-1-3-6-16/h1-3,5-6,17-18H,4,7-15H2,(H,21,27)/t17-,18-/m0/s1. The summed E-state index contributed by atoms with van der Waals surface area (Å²) >= 11 is 1.34. The van der Waals surface area contributed by atoms with Crippen LogP contribution in [-0.4, -0.2) is 81.8 Å². The second-order valence-electron chi connectivity index (χ2n) is 7.58. The van der Waals surface area contributed by atoms with Crippen LogP contribution < -0.4 is 5.32 Å². The van der Waals surface area contributed by atoms with E-state index < -0.39 is 0 Å². The predicted molar refractivity (Wildman–Crippen MR) is 112 cm³/mol. The summed E-state index contributed by atoms with van der Waals surface area (Å²) < 4.78 is 13.2. The molecule has 0 spiro atoms. The molecule has 0 saturated carbocycles. The van der Waals surface area contributed by atoms with Crippen LogP contribution >= 0.6 is 11.8 Å². The summed E-state index contributed by atoms with van der Waals surface area (Å²) in [7, 11) is 0. The molecule has 2 fully saturated rings. The first-order valence-electron chi connectivity index (χ1n) is 10.4. The van der Waals surface area contributed by atoms with Crippen molar-refractivity contribution in [1.29, 1.82) is 0 Å². The zero-order chi connectivity index (χ0) is 20.6. The number of nitrogens with zero attached hydrogens (tertiary/aromatic N) is 5. The lowest BCUT2D eigenvalue weighted by atomic mass is 10.2. The van der Waals surface area contributed by atoms with Gasteiger partial charge in [0.2, 0.25) is 11.1 Å². The van der Waals surface area contributed by atoms with E-state index in [1.54, 1.807) is 4.68 Å². The third kappa shape index (κ3) is 6.24. The predicted octanol–water partition coefficient (Wildman–Crippen LogP) is 0.961. The molecule has 30 heavy (non-hydrogen) atoms. The van der Waals surface area contributed by atoms with E-state index in [0.717, 1.165) is 39.1 Å². The number of benzene rings is 1. The van der Waals surface area contributed by atoms with Gasteiger partial charge in [-0.2, -0.15) is 0 Å². The summed E-state index contributed by atoms with van der Waals surface area (Å²) in [6, 6.07) is 10.4. The number of ether oxygens (including phenoxy) is 2. The average molecular weight is 433 g/mol. The van der Waals surface area contributed by atoms with E-state index in [4.69, 9.17) is 9.47 Å². The molecule has 2 aromatic rings. The van der Waals surface area contributed by atoms with E-state index >= 15 is 0 Å². The van der Waals surface area contributed by atoms with Gasteiger partial charge in [-0.15, -0.1) is 5.10 Å². The molecule has 1 aromatic carbocycles. The molecule has 2 atom stereocenters. The van der Waals surface area contributed by atoms with E-state index in [1.165, 1.54) is 17.3 Å². The topological polar surface area (TPSA) is 94.4 Å². The molecule has 0 unspecified atom stereocenters. The minimum Gasteiger partial charge on any atom is -0.376 e. The van der Waals surface area contributed by atoms with Crippen molar-refractivity contribution in [2.24, 2.45) is 0 Å². The van der Waals surface area contributed by atoms with E-state index in [1.807, 2.05) is 6.07 Å². The van der Waals surface area contributed by atoms with Gasteiger partial charge in [0.1, 0.15) is 0 Å². The first-order chi connectivity index (χ1) is 14.8. The molecule has 2 aliphatic heterocycles. The first-order valence-corrected chi connectivity index (χ1v) is 11.4. The monoisotopic (exact) mass is 432 g/mol. The van der Waals surface area contributed by atoms with E-state index in [-0.39, 0.29) is 23.9 Å². The maximum absolute atomic E-state index is 12.3. The molecular weight excluding hydrogens is 404 g/mol. The second kappa shape index (κ2) is 10.9. The number of carbonyl (C=O) groups excluding carboxylic acids is 1. The molecule has 1 amide bonds. The Morgan fingerprint density at radius 2 is 2.07 bits per heavy atom. The Hall–Kier alpha value is -2.01. The van der Waals surface area contributed by atoms with E-state index in [0.29, 0.717) is 24.9 Å². The fourth-order valence-electron chi connectivity index (χ4n) is 3.69. The highest BCUT2D eigenvalue weighted by Gasteiger charge is 2.22. The minimum absolute atomic E-state index is 0.00115. The summed E-state index contributed by atoms with van der Waals surface area (Å²) in [5.74, 6) is 0.224. The third-order valence-corrected chi connectivity index (χ3v) is 6.19. The van der Waals surface area contributed by atoms with Crippen molar-refractivity contribution in [3.63, 3.8) is 0 Å². The van der Waals surface area contributed by atoms with Gasteiger partial charge in [0.25, 0.3) is 0 Å². The Morgan fingerprint density at radius 1 is 1.20 bits per heavy atom. The number of aromatic nitrogens is 4. The van der Waals surface area contributed by atoms with Crippen molar-refractivity contribution in [3.05, 3.63) is 35.9 Å². The molecule has 1 aromatic heterocycles. The Labute approximate surface area is 180 Å². The van der Waals surface area contributed by atoms with Gasteiger partial charge in [0.05, 0.1) is 31.1 Å². The Kier molecular flexibility index (Phi) is 7.68. The summed E-state index contributed by atoms with van der Waals surface area (Å²) in [4.78, 5) is 14.7. The van der Waals surface area contributed by atoms with Crippen molar-refractivity contribution in [2.45, 2.75) is 43.3 Å². The lowest BCUT2D eigenvalue weighted by molar-refractivity contribution is -0.119. The molecule has 2 aliphatic rings. The number of amides is 1. The molecular formula is C20H28N6O3S. The van der Waals surface area contributed by atoms with Crippen LogP contribution in [0.3, 0.4) is 0 Å². The summed E-state index contributed by atoms with van der Waals surface area (Å²) in [6.45, 7) is 5.22. The molecule has 0 aliphatic carbocycles. The summed E-state index contributed by atoms with van der Waals surface area (Å²) in [6.07, 6.45) is 2.25. The fraction of sp³-hybridized carbons (Fsp3) is 0.600. The quantitative estimate of drug-likeness (QED) is 0.586. The molecule has 9 nitrogen and oxygen atoms in total.